The maximum Gasteiger partial charge on any atom is 0.219 e. The lowest BCUT2D eigenvalue weighted by Gasteiger charge is -2.46. The molecule has 2 fully saturated rings. The van der Waals surface area contributed by atoms with Gasteiger partial charge in [0.15, 0.2) is 0 Å². The van der Waals surface area contributed by atoms with Crippen LogP contribution < -0.4 is 0 Å². The lowest BCUT2D eigenvalue weighted by atomic mass is 9.73. The minimum absolute atomic E-state index is 0.184. The zero-order chi connectivity index (χ0) is 14.9. The maximum atomic E-state index is 11.4. The van der Waals surface area contributed by atoms with Gasteiger partial charge in [0.2, 0.25) is 5.91 Å². The van der Waals surface area contributed by atoms with Crippen LogP contribution >= 0.6 is 0 Å². The van der Waals surface area contributed by atoms with Crippen molar-refractivity contribution in [2.24, 2.45) is 11.3 Å². The molecule has 0 saturated carbocycles. The second kappa shape index (κ2) is 6.02. The fourth-order valence-electron chi connectivity index (χ4n) is 3.84. The van der Waals surface area contributed by atoms with Crippen molar-refractivity contribution < 1.29 is 9.90 Å². The molecule has 0 aromatic rings. The van der Waals surface area contributed by atoms with Gasteiger partial charge in [-0.25, -0.2) is 0 Å². The number of β-amino-alcohol motifs (C(OH)–C–C–N with tert-alkyl or cyclic N) is 1. The second-order valence-corrected chi connectivity index (χ2v) is 7.56. The highest BCUT2D eigenvalue weighted by molar-refractivity contribution is 5.73. The number of hydrogen-bond donors (Lipinski definition) is 1. The van der Waals surface area contributed by atoms with Gasteiger partial charge >= 0.3 is 0 Å². The molecule has 2 rings (SSSR count). The fraction of sp³-hybridized carbons (Fsp3) is 0.938. The summed E-state index contributed by atoms with van der Waals surface area (Å²) in [5.74, 6) is 0.589. The summed E-state index contributed by atoms with van der Waals surface area (Å²) >= 11 is 0. The van der Waals surface area contributed by atoms with Crippen LogP contribution in [-0.2, 0) is 4.79 Å². The number of rotatable bonds is 1. The molecular formula is C16H30N2O2. The third-order valence-corrected chi connectivity index (χ3v) is 5.15. The van der Waals surface area contributed by atoms with Crippen molar-refractivity contribution in [1.82, 2.24) is 9.80 Å². The standard InChI is InChI=1S/C16H30N2O2/c1-12(19)17-8-5-13(6-9-17)18-10-7-14(15(20)11-18)16(2,3)4/h13-15,20H,5-11H2,1-4H3. The highest BCUT2D eigenvalue weighted by Crippen LogP contribution is 2.35. The molecular weight excluding hydrogens is 252 g/mol. The van der Waals surface area contributed by atoms with Crippen molar-refractivity contribution in [3.05, 3.63) is 0 Å². The van der Waals surface area contributed by atoms with E-state index in [1.165, 1.54) is 0 Å². The van der Waals surface area contributed by atoms with E-state index < -0.39 is 0 Å². The molecule has 2 aliphatic heterocycles. The first-order chi connectivity index (χ1) is 9.29. The highest BCUT2D eigenvalue weighted by atomic mass is 16.3. The molecule has 0 aromatic heterocycles. The normalized spacial score (nSPS) is 30.6. The summed E-state index contributed by atoms with van der Waals surface area (Å²) < 4.78 is 0. The molecule has 0 aliphatic carbocycles. The predicted octanol–water partition coefficient (Wildman–Crippen LogP) is 1.73. The molecule has 2 unspecified atom stereocenters. The van der Waals surface area contributed by atoms with Crippen molar-refractivity contribution in [3.8, 4) is 0 Å². The minimum atomic E-state index is -0.213. The summed E-state index contributed by atoms with van der Waals surface area (Å²) in [7, 11) is 0. The maximum absolute atomic E-state index is 11.4. The summed E-state index contributed by atoms with van der Waals surface area (Å²) in [6.07, 6.45) is 2.96. The molecule has 0 bridgehead atoms. The lowest BCUT2D eigenvalue weighted by Crippen LogP contribution is -2.54. The zero-order valence-corrected chi connectivity index (χ0v) is 13.4. The van der Waals surface area contributed by atoms with Gasteiger partial charge in [0, 0.05) is 32.6 Å². The van der Waals surface area contributed by atoms with E-state index >= 15 is 0 Å². The molecule has 1 amide bonds. The van der Waals surface area contributed by atoms with E-state index in [2.05, 4.69) is 25.7 Å². The van der Waals surface area contributed by atoms with E-state index in [4.69, 9.17) is 0 Å². The molecule has 20 heavy (non-hydrogen) atoms. The van der Waals surface area contributed by atoms with E-state index in [1.54, 1.807) is 6.92 Å². The van der Waals surface area contributed by atoms with Gasteiger partial charge in [0.25, 0.3) is 0 Å². The summed E-state index contributed by atoms with van der Waals surface area (Å²) in [6, 6.07) is 0.543. The van der Waals surface area contributed by atoms with Crippen LogP contribution in [0, 0.1) is 11.3 Å². The highest BCUT2D eigenvalue weighted by Gasteiger charge is 2.38. The topological polar surface area (TPSA) is 43.8 Å². The monoisotopic (exact) mass is 282 g/mol. The van der Waals surface area contributed by atoms with Gasteiger partial charge in [0.05, 0.1) is 6.10 Å². The largest absolute Gasteiger partial charge is 0.391 e. The van der Waals surface area contributed by atoms with Crippen molar-refractivity contribution in [3.63, 3.8) is 0 Å². The quantitative estimate of drug-likeness (QED) is 0.796. The third kappa shape index (κ3) is 3.53. The lowest BCUT2D eigenvalue weighted by molar-refractivity contribution is -0.130. The van der Waals surface area contributed by atoms with Crippen LogP contribution in [0.3, 0.4) is 0 Å². The summed E-state index contributed by atoms with van der Waals surface area (Å²) in [5, 5.41) is 10.4. The Bertz CT molecular complexity index is 343. The predicted molar refractivity (Wildman–Crippen MR) is 80.4 cm³/mol. The van der Waals surface area contributed by atoms with E-state index in [1.807, 2.05) is 4.90 Å². The molecule has 4 nitrogen and oxygen atoms in total. The molecule has 0 spiro atoms. The molecule has 1 N–H and O–H groups in total. The summed E-state index contributed by atoms with van der Waals surface area (Å²) in [5.41, 5.74) is 0.184. The number of carbonyl (C=O) groups excluding carboxylic acids is 1. The molecule has 2 saturated heterocycles. The van der Waals surface area contributed by atoms with Gasteiger partial charge in [-0.2, -0.15) is 0 Å². The summed E-state index contributed by atoms with van der Waals surface area (Å²) in [4.78, 5) is 15.7. The van der Waals surface area contributed by atoms with E-state index in [-0.39, 0.29) is 17.4 Å². The van der Waals surface area contributed by atoms with Crippen molar-refractivity contribution in [2.45, 2.75) is 59.1 Å². The van der Waals surface area contributed by atoms with Gasteiger partial charge in [0.1, 0.15) is 0 Å². The Hall–Kier alpha value is -0.610. The Morgan fingerprint density at radius 3 is 2.15 bits per heavy atom. The van der Waals surface area contributed by atoms with Crippen LogP contribution in [0.5, 0.6) is 0 Å². The van der Waals surface area contributed by atoms with Crippen LogP contribution in [-0.4, -0.2) is 59.1 Å². The van der Waals surface area contributed by atoms with Crippen LogP contribution in [0.25, 0.3) is 0 Å². The van der Waals surface area contributed by atoms with Gasteiger partial charge < -0.3 is 10.0 Å². The third-order valence-electron chi connectivity index (χ3n) is 5.15. The number of aliphatic hydroxyl groups excluding tert-OH is 1. The van der Waals surface area contributed by atoms with E-state index in [9.17, 15) is 9.90 Å². The number of hydrogen-bond acceptors (Lipinski definition) is 3. The number of aliphatic hydroxyl groups is 1. The number of carbonyl (C=O) groups is 1. The Labute approximate surface area is 123 Å². The van der Waals surface area contributed by atoms with E-state index in [0.717, 1.165) is 45.4 Å². The number of amides is 1. The van der Waals surface area contributed by atoms with Crippen LogP contribution in [0.2, 0.25) is 0 Å². The molecule has 116 valence electrons. The average Bonchev–Trinajstić information content (AvgIpc) is 2.37. The number of nitrogens with zero attached hydrogens (tertiary/aromatic N) is 2. The van der Waals surface area contributed by atoms with Crippen molar-refractivity contribution in [1.29, 1.82) is 0 Å². The first-order valence-corrected chi connectivity index (χ1v) is 7.96. The zero-order valence-electron chi connectivity index (χ0n) is 13.4. The SMILES string of the molecule is CC(=O)N1CCC(N2CCC(C(C)(C)C)C(O)C2)CC1. The van der Waals surface area contributed by atoms with Crippen molar-refractivity contribution >= 4 is 5.91 Å². The Kier molecular flexibility index (Phi) is 4.75. The van der Waals surface area contributed by atoms with Crippen molar-refractivity contribution in [2.75, 3.05) is 26.2 Å². The fourth-order valence-corrected chi connectivity index (χ4v) is 3.84. The van der Waals surface area contributed by atoms with Crippen LogP contribution in [0.15, 0.2) is 0 Å². The summed E-state index contributed by atoms with van der Waals surface area (Å²) in [6.45, 7) is 11.9. The number of likely N-dealkylation sites (tertiary alicyclic amines) is 2. The molecule has 0 radical (unpaired) electrons. The first-order valence-electron chi connectivity index (χ1n) is 7.96. The molecule has 2 heterocycles. The molecule has 4 heteroatoms. The molecule has 2 aliphatic rings. The minimum Gasteiger partial charge on any atom is -0.391 e. The van der Waals surface area contributed by atoms with Gasteiger partial charge in [-0.05, 0) is 37.1 Å². The van der Waals surface area contributed by atoms with E-state index in [0.29, 0.717) is 12.0 Å². The number of piperidine rings is 2. The Morgan fingerprint density at radius 2 is 1.70 bits per heavy atom. The van der Waals surface area contributed by atoms with Gasteiger partial charge in [-0.1, -0.05) is 20.8 Å². The van der Waals surface area contributed by atoms with Crippen LogP contribution in [0.1, 0.15) is 47.0 Å². The molecule has 2 atom stereocenters. The molecule has 0 aromatic carbocycles. The Balaban J connectivity index is 1.86. The Morgan fingerprint density at radius 1 is 1.10 bits per heavy atom. The van der Waals surface area contributed by atoms with Gasteiger partial charge in [-0.15, -0.1) is 0 Å². The first kappa shape index (κ1) is 15.8. The smallest absolute Gasteiger partial charge is 0.219 e. The average molecular weight is 282 g/mol. The van der Waals surface area contributed by atoms with Gasteiger partial charge in [-0.3, -0.25) is 9.69 Å². The van der Waals surface area contributed by atoms with Crippen LogP contribution in [0.4, 0.5) is 0 Å². The second-order valence-electron chi connectivity index (χ2n) is 7.56.